The summed E-state index contributed by atoms with van der Waals surface area (Å²) in [5, 5.41) is 7.60. The summed E-state index contributed by atoms with van der Waals surface area (Å²) in [6.07, 6.45) is 1.90. The van der Waals surface area contributed by atoms with Crippen molar-refractivity contribution in [2.75, 3.05) is 6.54 Å². The van der Waals surface area contributed by atoms with E-state index in [0.29, 0.717) is 23.7 Å². The van der Waals surface area contributed by atoms with Crippen molar-refractivity contribution in [3.05, 3.63) is 36.2 Å². The Morgan fingerprint density at radius 2 is 1.95 bits per heavy atom. The van der Waals surface area contributed by atoms with Crippen LogP contribution in [-0.2, 0) is 6.42 Å². The maximum atomic E-state index is 5.38. The normalized spacial score (nSPS) is 12.8. The number of hydrogen-bond donors (Lipinski definition) is 1. The van der Waals surface area contributed by atoms with E-state index < -0.39 is 0 Å². The van der Waals surface area contributed by atoms with Gasteiger partial charge >= 0.3 is 0 Å². The number of hydrogen-bond acceptors (Lipinski definition) is 4. The molecule has 108 valence electrons. The third-order valence-electron chi connectivity index (χ3n) is 3.36. The van der Waals surface area contributed by atoms with Crippen molar-refractivity contribution < 1.29 is 4.52 Å². The zero-order valence-electron chi connectivity index (χ0n) is 12.5. The third-order valence-corrected chi connectivity index (χ3v) is 3.36. The van der Waals surface area contributed by atoms with E-state index in [2.05, 4.69) is 36.2 Å². The molecule has 4 nitrogen and oxygen atoms in total. The van der Waals surface area contributed by atoms with Crippen LogP contribution < -0.4 is 5.32 Å². The maximum Gasteiger partial charge on any atom is 0.228 e. The Hall–Kier alpha value is -1.68. The van der Waals surface area contributed by atoms with E-state index in [1.165, 1.54) is 0 Å². The zero-order valence-corrected chi connectivity index (χ0v) is 12.5. The van der Waals surface area contributed by atoms with Crippen LogP contribution in [0.3, 0.4) is 0 Å². The predicted molar refractivity (Wildman–Crippen MR) is 80.4 cm³/mol. The summed E-state index contributed by atoms with van der Waals surface area (Å²) in [4.78, 5) is 4.49. The molecule has 0 saturated carbocycles. The van der Waals surface area contributed by atoms with E-state index in [1.54, 1.807) is 0 Å². The van der Waals surface area contributed by atoms with E-state index in [9.17, 15) is 0 Å². The molecule has 0 spiro atoms. The lowest BCUT2D eigenvalue weighted by molar-refractivity contribution is 0.326. The number of nitrogens with one attached hydrogen (secondary N) is 1. The van der Waals surface area contributed by atoms with Crippen LogP contribution in [0.25, 0.3) is 11.4 Å². The Labute approximate surface area is 120 Å². The van der Waals surface area contributed by atoms with Gasteiger partial charge in [0.1, 0.15) is 0 Å². The predicted octanol–water partition coefficient (Wildman–Crippen LogP) is 3.30. The summed E-state index contributed by atoms with van der Waals surface area (Å²) in [7, 11) is 0. The molecule has 0 bridgehead atoms. The van der Waals surface area contributed by atoms with Crippen LogP contribution in [0.1, 0.15) is 33.1 Å². The van der Waals surface area contributed by atoms with Gasteiger partial charge in [-0.05, 0) is 18.9 Å². The van der Waals surface area contributed by atoms with Crippen molar-refractivity contribution in [3.8, 4) is 11.4 Å². The van der Waals surface area contributed by atoms with Crippen LogP contribution >= 0.6 is 0 Å². The van der Waals surface area contributed by atoms with Gasteiger partial charge in [0, 0.05) is 18.0 Å². The number of rotatable bonds is 7. The molecule has 0 aliphatic carbocycles. The van der Waals surface area contributed by atoms with Gasteiger partial charge in [-0.3, -0.25) is 0 Å². The van der Waals surface area contributed by atoms with Crippen molar-refractivity contribution in [3.63, 3.8) is 0 Å². The maximum absolute atomic E-state index is 5.38. The van der Waals surface area contributed by atoms with Crippen LogP contribution in [0.2, 0.25) is 0 Å². The molecule has 1 atom stereocenters. The van der Waals surface area contributed by atoms with Gasteiger partial charge in [-0.15, -0.1) is 0 Å². The van der Waals surface area contributed by atoms with Gasteiger partial charge in [-0.25, -0.2) is 0 Å². The summed E-state index contributed by atoms with van der Waals surface area (Å²) in [5.74, 6) is 1.90. The minimum Gasteiger partial charge on any atom is -0.339 e. The molecular weight excluding hydrogens is 250 g/mol. The highest BCUT2D eigenvalue weighted by Gasteiger charge is 2.17. The first-order valence-corrected chi connectivity index (χ1v) is 7.32. The SMILES string of the molecule is CCCNC(Cc1nc(-c2ccccc2)no1)C(C)C. The number of aromatic nitrogens is 2. The fourth-order valence-corrected chi connectivity index (χ4v) is 2.10. The Morgan fingerprint density at radius 1 is 1.20 bits per heavy atom. The largest absolute Gasteiger partial charge is 0.339 e. The van der Waals surface area contributed by atoms with Crippen molar-refractivity contribution in [2.45, 2.75) is 39.7 Å². The fourth-order valence-electron chi connectivity index (χ4n) is 2.10. The second-order valence-corrected chi connectivity index (χ2v) is 5.39. The smallest absolute Gasteiger partial charge is 0.228 e. The Bertz CT molecular complexity index is 507. The molecule has 1 aromatic carbocycles. The number of nitrogens with zero attached hydrogens (tertiary/aromatic N) is 2. The Kier molecular flexibility index (Phi) is 5.30. The average molecular weight is 273 g/mol. The van der Waals surface area contributed by atoms with Gasteiger partial charge in [0.15, 0.2) is 0 Å². The average Bonchev–Trinajstić information content (AvgIpc) is 2.92. The first kappa shape index (κ1) is 14.7. The minimum atomic E-state index is 0.374. The number of benzene rings is 1. The van der Waals surface area contributed by atoms with Crippen molar-refractivity contribution in [1.82, 2.24) is 15.5 Å². The van der Waals surface area contributed by atoms with Crippen molar-refractivity contribution >= 4 is 0 Å². The molecule has 1 N–H and O–H groups in total. The quantitative estimate of drug-likeness (QED) is 0.841. The fraction of sp³-hybridized carbons (Fsp3) is 0.500. The molecule has 2 rings (SSSR count). The molecule has 0 amide bonds. The van der Waals surface area contributed by atoms with E-state index in [1.807, 2.05) is 30.3 Å². The molecule has 20 heavy (non-hydrogen) atoms. The van der Waals surface area contributed by atoms with Crippen LogP contribution in [0.15, 0.2) is 34.9 Å². The lowest BCUT2D eigenvalue weighted by Gasteiger charge is -2.20. The van der Waals surface area contributed by atoms with Crippen LogP contribution in [0, 0.1) is 5.92 Å². The summed E-state index contributed by atoms with van der Waals surface area (Å²) in [6.45, 7) is 7.61. The monoisotopic (exact) mass is 273 g/mol. The summed E-state index contributed by atoms with van der Waals surface area (Å²) < 4.78 is 5.38. The van der Waals surface area contributed by atoms with Crippen LogP contribution in [0.4, 0.5) is 0 Å². The Morgan fingerprint density at radius 3 is 2.60 bits per heavy atom. The lowest BCUT2D eigenvalue weighted by Crippen LogP contribution is -2.36. The second kappa shape index (κ2) is 7.20. The van der Waals surface area contributed by atoms with Gasteiger partial charge in [0.25, 0.3) is 0 Å². The van der Waals surface area contributed by atoms with Gasteiger partial charge < -0.3 is 9.84 Å². The molecule has 0 aliphatic rings. The van der Waals surface area contributed by atoms with Gasteiger partial charge in [-0.1, -0.05) is 56.3 Å². The van der Waals surface area contributed by atoms with E-state index >= 15 is 0 Å². The molecule has 0 aliphatic heterocycles. The molecule has 1 unspecified atom stereocenters. The highest BCUT2D eigenvalue weighted by Crippen LogP contribution is 2.16. The standard InChI is InChI=1S/C16H23N3O/c1-4-10-17-14(12(2)3)11-15-18-16(19-20-15)13-8-6-5-7-9-13/h5-9,12,14,17H,4,10-11H2,1-3H3. The highest BCUT2D eigenvalue weighted by atomic mass is 16.5. The van der Waals surface area contributed by atoms with Crippen LogP contribution in [0.5, 0.6) is 0 Å². The summed E-state index contributed by atoms with van der Waals surface area (Å²) in [6, 6.07) is 10.3. The molecule has 1 heterocycles. The second-order valence-electron chi connectivity index (χ2n) is 5.39. The van der Waals surface area contributed by atoms with E-state index in [0.717, 1.165) is 24.9 Å². The van der Waals surface area contributed by atoms with Gasteiger partial charge in [-0.2, -0.15) is 4.98 Å². The topological polar surface area (TPSA) is 51.0 Å². The summed E-state index contributed by atoms with van der Waals surface area (Å²) >= 11 is 0. The molecule has 2 aromatic rings. The van der Waals surface area contributed by atoms with Gasteiger partial charge in [0.05, 0.1) is 0 Å². The van der Waals surface area contributed by atoms with Crippen LogP contribution in [-0.4, -0.2) is 22.7 Å². The van der Waals surface area contributed by atoms with Crippen molar-refractivity contribution in [1.29, 1.82) is 0 Å². The molecular formula is C16H23N3O. The molecule has 0 saturated heterocycles. The van der Waals surface area contributed by atoms with Crippen molar-refractivity contribution in [2.24, 2.45) is 5.92 Å². The Balaban J connectivity index is 2.04. The molecule has 0 radical (unpaired) electrons. The molecule has 4 heteroatoms. The lowest BCUT2D eigenvalue weighted by atomic mass is 10.0. The zero-order chi connectivity index (χ0) is 14.4. The van der Waals surface area contributed by atoms with E-state index in [4.69, 9.17) is 4.52 Å². The van der Waals surface area contributed by atoms with E-state index in [-0.39, 0.29) is 0 Å². The highest BCUT2D eigenvalue weighted by molar-refractivity contribution is 5.53. The summed E-state index contributed by atoms with van der Waals surface area (Å²) in [5.41, 5.74) is 0.991. The minimum absolute atomic E-state index is 0.374. The first-order chi connectivity index (χ1) is 9.70. The van der Waals surface area contributed by atoms with Gasteiger partial charge in [0.2, 0.25) is 11.7 Å². The molecule has 1 aromatic heterocycles. The molecule has 0 fully saturated rings. The third kappa shape index (κ3) is 3.90. The first-order valence-electron chi connectivity index (χ1n) is 7.32.